The average molecular weight is 567 g/mol. The van der Waals surface area contributed by atoms with Gasteiger partial charge in [-0.25, -0.2) is 17.7 Å². The van der Waals surface area contributed by atoms with Crippen LogP contribution in [0.2, 0.25) is 18.1 Å². The van der Waals surface area contributed by atoms with Crippen LogP contribution in [0.25, 0.3) is 11.3 Å². The van der Waals surface area contributed by atoms with Gasteiger partial charge in [-0.15, -0.1) is 0 Å². The Morgan fingerprint density at radius 1 is 1.18 bits per heavy atom. The molecular formula is C29H38N4O4SSi. The van der Waals surface area contributed by atoms with Crippen molar-refractivity contribution in [3.8, 4) is 23.2 Å². The Bertz CT molecular complexity index is 1500. The second kappa shape index (κ2) is 10.0. The zero-order valence-electron chi connectivity index (χ0n) is 23.8. The van der Waals surface area contributed by atoms with Gasteiger partial charge >= 0.3 is 0 Å². The first-order valence-corrected chi connectivity index (χ1v) is 18.2. The predicted octanol–water partition coefficient (Wildman–Crippen LogP) is 5.16. The molecule has 0 radical (unpaired) electrons. The molecule has 39 heavy (non-hydrogen) atoms. The SMILES string of the molecule is C[C@H](O[Si](C)(C)C(C)(C)C)c1nccn1Cc1cc(-c2ccc(C#CC3C4CN(S(C)(=O)=O)CC34)cc2)on1. The molecule has 0 bridgehead atoms. The number of rotatable bonds is 7. The molecule has 1 saturated carbocycles. The molecule has 208 valence electrons. The predicted molar refractivity (Wildman–Crippen MR) is 154 cm³/mol. The second-order valence-corrected chi connectivity index (χ2v) is 19.1. The Balaban J connectivity index is 1.20. The fraction of sp³-hybridized carbons (Fsp3) is 0.517. The summed E-state index contributed by atoms with van der Waals surface area (Å²) in [5.41, 5.74) is 2.69. The maximum atomic E-state index is 11.7. The molecule has 2 unspecified atom stereocenters. The maximum Gasteiger partial charge on any atom is 0.211 e. The van der Waals surface area contributed by atoms with Gasteiger partial charge in [0.05, 0.1) is 12.8 Å². The van der Waals surface area contributed by atoms with Gasteiger partial charge in [-0.05, 0) is 61.2 Å². The Kier molecular flexibility index (Phi) is 7.16. The van der Waals surface area contributed by atoms with Crippen LogP contribution in [-0.2, 0) is 21.0 Å². The van der Waals surface area contributed by atoms with Crippen molar-refractivity contribution in [2.75, 3.05) is 19.3 Å². The fourth-order valence-electron chi connectivity index (χ4n) is 5.04. The number of aromatic nitrogens is 3. The molecular weight excluding hydrogens is 528 g/mol. The summed E-state index contributed by atoms with van der Waals surface area (Å²) in [5, 5.41) is 4.42. The number of sulfonamides is 1. The zero-order chi connectivity index (χ0) is 28.2. The van der Waals surface area contributed by atoms with Crippen LogP contribution in [0, 0.1) is 29.6 Å². The van der Waals surface area contributed by atoms with Gasteiger partial charge in [0.2, 0.25) is 10.0 Å². The highest BCUT2D eigenvalue weighted by atomic mass is 32.2. The van der Waals surface area contributed by atoms with Gasteiger partial charge in [0.1, 0.15) is 17.6 Å². The third-order valence-corrected chi connectivity index (χ3v) is 14.3. The summed E-state index contributed by atoms with van der Waals surface area (Å²) in [5.74, 6) is 9.23. The molecule has 3 aromatic rings. The Morgan fingerprint density at radius 3 is 2.46 bits per heavy atom. The number of hydrogen-bond donors (Lipinski definition) is 0. The Morgan fingerprint density at radius 2 is 1.85 bits per heavy atom. The number of fused-ring (bicyclic) bond motifs is 1. The summed E-state index contributed by atoms with van der Waals surface area (Å²) >= 11 is 0. The van der Waals surface area contributed by atoms with Gasteiger partial charge in [0, 0.05) is 48.6 Å². The van der Waals surface area contributed by atoms with Crippen molar-refractivity contribution in [1.82, 2.24) is 19.0 Å². The van der Waals surface area contributed by atoms with Crippen LogP contribution in [0.4, 0.5) is 0 Å². The summed E-state index contributed by atoms with van der Waals surface area (Å²) < 4.78 is 39.3. The molecule has 0 amide bonds. The molecule has 10 heteroatoms. The maximum absolute atomic E-state index is 11.7. The normalized spacial score (nSPS) is 22.3. The van der Waals surface area contributed by atoms with Crippen LogP contribution in [0.1, 0.15) is 50.9 Å². The number of piperidine rings is 1. The summed E-state index contributed by atoms with van der Waals surface area (Å²) in [6, 6.07) is 9.91. The lowest BCUT2D eigenvalue weighted by atomic mass is 10.1. The van der Waals surface area contributed by atoms with E-state index >= 15 is 0 Å². The lowest BCUT2D eigenvalue weighted by Gasteiger charge is -2.38. The van der Waals surface area contributed by atoms with E-state index < -0.39 is 18.3 Å². The largest absolute Gasteiger partial charge is 0.407 e. The zero-order valence-corrected chi connectivity index (χ0v) is 25.6. The van der Waals surface area contributed by atoms with Crippen molar-refractivity contribution >= 4 is 18.3 Å². The molecule has 1 aliphatic heterocycles. The van der Waals surface area contributed by atoms with Crippen molar-refractivity contribution in [2.24, 2.45) is 17.8 Å². The summed E-state index contributed by atoms with van der Waals surface area (Å²) in [7, 11) is -5.02. The quantitative estimate of drug-likeness (QED) is 0.290. The second-order valence-electron chi connectivity index (χ2n) is 12.4. The van der Waals surface area contributed by atoms with Crippen molar-refractivity contribution in [3.05, 3.63) is 59.8 Å². The first-order valence-electron chi connectivity index (χ1n) is 13.4. The molecule has 3 heterocycles. The first-order chi connectivity index (χ1) is 18.2. The molecule has 1 aliphatic carbocycles. The van der Waals surface area contributed by atoms with Crippen LogP contribution >= 0.6 is 0 Å². The van der Waals surface area contributed by atoms with E-state index in [1.165, 1.54) is 6.26 Å². The van der Waals surface area contributed by atoms with E-state index in [4.69, 9.17) is 8.95 Å². The van der Waals surface area contributed by atoms with E-state index in [1.807, 2.05) is 36.5 Å². The standard InChI is InChI=1S/C29H38N4O4SSi/c1-20(37-39(6,7)29(2,3)4)28-30-14-15-32(28)17-23-16-27(36-31-23)22-11-8-21(9-12-22)10-13-24-25-18-33(19-26(24)25)38(5,34)35/h8-9,11-12,14-16,20,24-26H,17-19H2,1-7H3/t20-,24?,25?,26?/m0/s1. The fourth-order valence-corrected chi connectivity index (χ4v) is 7.27. The van der Waals surface area contributed by atoms with Crippen molar-refractivity contribution < 1.29 is 17.4 Å². The van der Waals surface area contributed by atoms with Crippen LogP contribution in [0.3, 0.4) is 0 Å². The lowest BCUT2D eigenvalue weighted by molar-refractivity contribution is 0.189. The minimum atomic E-state index is -3.10. The van der Waals surface area contributed by atoms with E-state index in [0.717, 1.165) is 22.6 Å². The highest BCUT2D eigenvalue weighted by Crippen LogP contribution is 2.51. The molecule has 8 nitrogen and oxygen atoms in total. The smallest absolute Gasteiger partial charge is 0.211 e. The Labute approximate surface area is 232 Å². The van der Waals surface area contributed by atoms with Crippen molar-refractivity contribution in [3.63, 3.8) is 0 Å². The summed E-state index contributed by atoms with van der Waals surface area (Å²) in [6.07, 6.45) is 4.92. The van der Waals surface area contributed by atoms with E-state index in [-0.39, 0.29) is 11.1 Å². The van der Waals surface area contributed by atoms with Crippen LogP contribution in [0.5, 0.6) is 0 Å². The number of benzene rings is 1. The van der Waals surface area contributed by atoms with Gasteiger partial charge in [-0.2, -0.15) is 0 Å². The Hall–Kier alpha value is -2.71. The molecule has 3 atom stereocenters. The number of hydrogen-bond acceptors (Lipinski definition) is 6. The van der Waals surface area contributed by atoms with E-state index in [2.05, 4.69) is 67.3 Å². The number of nitrogens with zero attached hydrogens (tertiary/aromatic N) is 4. The molecule has 0 N–H and O–H groups in total. The number of imidazole rings is 1. The van der Waals surface area contributed by atoms with Gasteiger partial charge < -0.3 is 13.5 Å². The highest BCUT2D eigenvalue weighted by molar-refractivity contribution is 7.88. The molecule has 2 aromatic heterocycles. The third kappa shape index (κ3) is 5.92. The minimum Gasteiger partial charge on any atom is -0.407 e. The van der Waals surface area contributed by atoms with Crippen LogP contribution < -0.4 is 0 Å². The van der Waals surface area contributed by atoms with Gasteiger partial charge in [0.15, 0.2) is 14.1 Å². The van der Waals surface area contributed by atoms with E-state index in [1.54, 1.807) is 10.5 Å². The topological polar surface area (TPSA) is 90.5 Å². The third-order valence-electron chi connectivity index (χ3n) is 8.46. The van der Waals surface area contributed by atoms with E-state index in [9.17, 15) is 8.42 Å². The highest BCUT2D eigenvalue weighted by Gasteiger charge is 2.56. The monoisotopic (exact) mass is 566 g/mol. The van der Waals surface area contributed by atoms with Crippen LogP contribution in [0.15, 0.2) is 47.2 Å². The van der Waals surface area contributed by atoms with Gasteiger partial charge in [-0.3, -0.25) is 0 Å². The van der Waals surface area contributed by atoms with Gasteiger partial charge in [0.25, 0.3) is 0 Å². The first kappa shape index (κ1) is 27.8. The van der Waals surface area contributed by atoms with E-state index in [0.29, 0.717) is 43.1 Å². The van der Waals surface area contributed by atoms with Crippen molar-refractivity contribution in [2.45, 2.75) is 58.5 Å². The minimum absolute atomic E-state index is 0.116. The van der Waals surface area contributed by atoms with Crippen LogP contribution in [-0.4, -0.2) is 55.1 Å². The summed E-state index contributed by atoms with van der Waals surface area (Å²) in [4.78, 5) is 4.58. The van der Waals surface area contributed by atoms with Gasteiger partial charge in [-0.1, -0.05) is 37.8 Å². The van der Waals surface area contributed by atoms with Crippen molar-refractivity contribution in [1.29, 1.82) is 0 Å². The lowest BCUT2D eigenvalue weighted by Crippen LogP contribution is -2.41. The molecule has 1 saturated heterocycles. The molecule has 1 aromatic carbocycles. The molecule has 2 fully saturated rings. The average Bonchev–Trinajstić information content (AvgIpc) is 3.33. The molecule has 5 rings (SSSR count). The summed E-state index contributed by atoms with van der Waals surface area (Å²) in [6.45, 7) is 15.0. The molecule has 0 spiro atoms. The molecule has 2 aliphatic rings.